The lowest BCUT2D eigenvalue weighted by Gasteiger charge is -2.06. The third-order valence-corrected chi connectivity index (χ3v) is 4.73. The zero-order valence-corrected chi connectivity index (χ0v) is 15.8. The first-order valence-electron chi connectivity index (χ1n) is 9.24. The molecule has 30 heavy (non-hydrogen) atoms. The number of nitrogens with one attached hydrogen (secondary N) is 2. The van der Waals surface area contributed by atoms with Crippen molar-refractivity contribution in [3.05, 3.63) is 71.8 Å². The molecule has 0 amide bonds. The van der Waals surface area contributed by atoms with Crippen LogP contribution in [0.4, 0.5) is 0 Å². The molecule has 4 rings (SSSR count). The van der Waals surface area contributed by atoms with E-state index in [1.165, 1.54) is 0 Å². The Kier molecular flexibility index (Phi) is 5.13. The van der Waals surface area contributed by atoms with Crippen molar-refractivity contribution in [1.82, 2.24) is 20.4 Å². The summed E-state index contributed by atoms with van der Waals surface area (Å²) in [5, 5.41) is 33.4. The summed E-state index contributed by atoms with van der Waals surface area (Å²) in [4.78, 5) is 23.1. The summed E-state index contributed by atoms with van der Waals surface area (Å²) in [5.74, 6) is -2.03. The molecule has 0 saturated heterocycles. The van der Waals surface area contributed by atoms with Crippen molar-refractivity contribution >= 4 is 11.9 Å². The molecular formula is C22H18N4O4. The van der Waals surface area contributed by atoms with Gasteiger partial charge in [-0.05, 0) is 0 Å². The fourth-order valence-electron chi connectivity index (χ4n) is 3.46. The van der Waals surface area contributed by atoms with E-state index < -0.39 is 11.9 Å². The predicted octanol–water partition coefficient (Wildman–Crippen LogP) is 3.39. The van der Waals surface area contributed by atoms with Crippen LogP contribution in [0.25, 0.3) is 33.9 Å². The molecule has 2 aromatic heterocycles. The molecule has 150 valence electrons. The van der Waals surface area contributed by atoms with E-state index in [1.54, 1.807) is 0 Å². The number of aromatic amines is 2. The second-order valence-electron chi connectivity index (χ2n) is 6.72. The van der Waals surface area contributed by atoms with Crippen LogP contribution in [0.2, 0.25) is 0 Å². The Labute approximate surface area is 171 Å². The van der Waals surface area contributed by atoms with Gasteiger partial charge in [0.05, 0.1) is 35.6 Å². The lowest BCUT2D eigenvalue weighted by atomic mass is 9.97. The van der Waals surface area contributed by atoms with Crippen molar-refractivity contribution in [2.24, 2.45) is 0 Å². The van der Waals surface area contributed by atoms with Gasteiger partial charge in [0, 0.05) is 22.3 Å². The van der Waals surface area contributed by atoms with Crippen molar-refractivity contribution in [2.75, 3.05) is 0 Å². The molecule has 0 radical (unpaired) electrons. The van der Waals surface area contributed by atoms with E-state index in [0.717, 1.165) is 11.1 Å². The number of carboxylic acids is 2. The molecular weight excluding hydrogens is 384 g/mol. The molecule has 4 aromatic rings. The van der Waals surface area contributed by atoms with Crippen molar-refractivity contribution in [2.45, 2.75) is 12.8 Å². The first-order chi connectivity index (χ1) is 14.5. The zero-order chi connectivity index (χ0) is 21.1. The highest BCUT2D eigenvalue weighted by Gasteiger charge is 2.25. The summed E-state index contributed by atoms with van der Waals surface area (Å²) in [7, 11) is 0. The standard InChI is InChI=1S/C22H18N4O4/c27-17(28)11-15-19(13-7-3-1-4-8-13)23-25-21(15)22-16(12-18(29)30)20(24-26-22)14-9-5-2-6-10-14/h1-10H,11-12H2,(H,23,25)(H,24,26)(H,27,28)(H,29,30). The summed E-state index contributed by atoms with van der Waals surface area (Å²) in [6.45, 7) is 0. The maximum atomic E-state index is 11.6. The topological polar surface area (TPSA) is 132 Å². The molecule has 0 spiro atoms. The largest absolute Gasteiger partial charge is 0.481 e. The molecule has 0 aliphatic rings. The Morgan fingerprint density at radius 2 is 1.03 bits per heavy atom. The van der Waals surface area contributed by atoms with Gasteiger partial charge in [0.2, 0.25) is 0 Å². The molecule has 2 heterocycles. The van der Waals surface area contributed by atoms with E-state index in [1.807, 2.05) is 60.7 Å². The second kappa shape index (κ2) is 8.04. The lowest BCUT2D eigenvalue weighted by molar-refractivity contribution is -0.137. The third kappa shape index (κ3) is 3.70. The second-order valence-corrected chi connectivity index (χ2v) is 6.72. The number of aromatic nitrogens is 4. The minimum Gasteiger partial charge on any atom is -0.481 e. The van der Waals surface area contributed by atoms with Crippen LogP contribution in [0.15, 0.2) is 60.7 Å². The molecule has 0 unspecified atom stereocenters. The Bertz CT molecular complexity index is 1100. The smallest absolute Gasteiger partial charge is 0.307 e. The molecule has 8 heteroatoms. The van der Waals surface area contributed by atoms with Crippen LogP contribution in [-0.4, -0.2) is 42.5 Å². The fourth-order valence-corrected chi connectivity index (χ4v) is 3.46. The quantitative estimate of drug-likeness (QED) is 0.375. The summed E-state index contributed by atoms with van der Waals surface area (Å²) in [6, 6.07) is 18.4. The Morgan fingerprint density at radius 1 is 0.667 bits per heavy atom. The van der Waals surface area contributed by atoms with Gasteiger partial charge >= 0.3 is 11.9 Å². The van der Waals surface area contributed by atoms with Crippen LogP contribution in [0.3, 0.4) is 0 Å². The normalized spacial score (nSPS) is 10.8. The summed E-state index contributed by atoms with van der Waals surface area (Å²) in [6.07, 6.45) is -0.551. The Hall–Kier alpha value is -4.20. The van der Waals surface area contributed by atoms with Gasteiger partial charge in [-0.1, -0.05) is 60.7 Å². The number of hydrogen-bond donors (Lipinski definition) is 4. The fraction of sp³-hybridized carbons (Fsp3) is 0.0909. The summed E-state index contributed by atoms with van der Waals surface area (Å²) in [5.41, 5.74) is 4.30. The molecule has 0 fully saturated rings. The van der Waals surface area contributed by atoms with Gasteiger partial charge in [0.1, 0.15) is 0 Å². The molecule has 2 aromatic carbocycles. The van der Waals surface area contributed by atoms with Gasteiger partial charge in [-0.2, -0.15) is 10.2 Å². The average molecular weight is 402 g/mol. The average Bonchev–Trinajstić information content (AvgIpc) is 3.32. The lowest BCUT2D eigenvalue weighted by Crippen LogP contribution is -2.05. The van der Waals surface area contributed by atoms with Crippen LogP contribution in [0.1, 0.15) is 11.1 Å². The summed E-state index contributed by atoms with van der Waals surface area (Å²) < 4.78 is 0. The number of aliphatic carboxylic acids is 2. The van der Waals surface area contributed by atoms with Crippen LogP contribution in [-0.2, 0) is 22.4 Å². The van der Waals surface area contributed by atoms with Crippen molar-refractivity contribution in [3.8, 4) is 33.9 Å². The highest BCUT2D eigenvalue weighted by atomic mass is 16.4. The van der Waals surface area contributed by atoms with Crippen molar-refractivity contribution < 1.29 is 19.8 Å². The van der Waals surface area contributed by atoms with Gasteiger partial charge in [-0.15, -0.1) is 0 Å². The van der Waals surface area contributed by atoms with Crippen LogP contribution < -0.4 is 0 Å². The molecule has 4 N–H and O–H groups in total. The SMILES string of the molecule is O=C(O)Cc1c(-c2ccccc2)n[nH]c1-c1[nH]nc(-c2ccccc2)c1CC(=O)O. The molecule has 0 bridgehead atoms. The van der Waals surface area contributed by atoms with Crippen LogP contribution in [0, 0.1) is 0 Å². The Balaban J connectivity index is 1.90. The van der Waals surface area contributed by atoms with E-state index in [0.29, 0.717) is 33.9 Å². The molecule has 0 aliphatic carbocycles. The predicted molar refractivity (Wildman–Crippen MR) is 110 cm³/mol. The number of nitrogens with zero attached hydrogens (tertiary/aromatic N) is 2. The van der Waals surface area contributed by atoms with Gasteiger partial charge in [-0.25, -0.2) is 0 Å². The highest BCUT2D eigenvalue weighted by Crippen LogP contribution is 2.35. The number of carboxylic acid groups (broad SMARTS) is 2. The number of benzene rings is 2. The number of H-pyrrole nitrogens is 2. The van der Waals surface area contributed by atoms with Crippen LogP contribution in [0.5, 0.6) is 0 Å². The number of hydrogen-bond acceptors (Lipinski definition) is 4. The van der Waals surface area contributed by atoms with Gasteiger partial charge in [0.15, 0.2) is 0 Å². The zero-order valence-electron chi connectivity index (χ0n) is 15.8. The molecule has 0 saturated carbocycles. The Morgan fingerprint density at radius 3 is 1.37 bits per heavy atom. The van der Waals surface area contributed by atoms with Gasteiger partial charge in [-0.3, -0.25) is 19.8 Å². The van der Waals surface area contributed by atoms with Crippen molar-refractivity contribution in [3.63, 3.8) is 0 Å². The number of carbonyl (C=O) groups is 2. The van der Waals surface area contributed by atoms with Crippen LogP contribution >= 0.6 is 0 Å². The minimum atomic E-state index is -1.02. The molecule has 0 atom stereocenters. The molecule has 0 aliphatic heterocycles. The maximum Gasteiger partial charge on any atom is 0.307 e. The first-order valence-corrected chi connectivity index (χ1v) is 9.24. The first kappa shape index (κ1) is 19.1. The molecule has 8 nitrogen and oxygen atoms in total. The highest BCUT2D eigenvalue weighted by molar-refractivity contribution is 5.85. The van der Waals surface area contributed by atoms with E-state index in [-0.39, 0.29) is 12.8 Å². The third-order valence-electron chi connectivity index (χ3n) is 4.73. The van der Waals surface area contributed by atoms with E-state index in [9.17, 15) is 19.8 Å². The minimum absolute atomic E-state index is 0.276. The monoisotopic (exact) mass is 402 g/mol. The van der Waals surface area contributed by atoms with Gasteiger partial charge in [0.25, 0.3) is 0 Å². The van der Waals surface area contributed by atoms with Gasteiger partial charge < -0.3 is 10.2 Å². The maximum absolute atomic E-state index is 11.6. The van der Waals surface area contributed by atoms with E-state index in [2.05, 4.69) is 20.4 Å². The number of rotatable bonds is 7. The van der Waals surface area contributed by atoms with Crippen molar-refractivity contribution in [1.29, 1.82) is 0 Å². The summed E-state index contributed by atoms with van der Waals surface area (Å²) >= 11 is 0. The van der Waals surface area contributed by atoms with E-state index >= 15 is 0 Å². The van der Waals surface area contributed by atoms with E-state index in [4.69, 9.17) is 0 Å².